The summed E-state index contributed by atoms with van der Waals surface area (Å²) >= 11 is 5.91. The van der Waals surface area contributed by atoms with Gasteiger partial charge in [-0.25, -0.2) is 4.98 Å². The molecule has 1 saturated heterocycles. The van der Waals surface area contributed by atoms with Crippen molar-refractivity contribution in [2.24, 2.45) is 0 Å². The molecule has 1 N–H and O–H groups in total. The second kappa shape index (κ2) is 10.1. The van der Waals surface area contributed by atoms with Crippen LogP contribution < -0.4 is 15.0 Å². The molecule has 5 aromatic rings. The van der Waals surface area contributed by atoms with Crippen LogP contribution in [0, 0.1) is 13.8 Å². The summed E-state index contributed by atoms with van der Waals surface area (Å²) in [6.45, 7) is 4.08. The number of rotatable bonds is 6. The highest BCUT2D eigenvalue weighted by Crippen LogP contribution is 2.42. The summed E-state index contributed by atoms with van der Waals surface area (Å²) in [7, 11) is 0. The van der Waals surface area contributed by atoms with Crippen LogP contribution in [-0.2, 0) is 0 Å². The number of aromatic nitrogens is 3. The summed E-state index contributed by atoms with van der Waals surface area (Å²) in [6, 6.07) is 30.0. The Bertz CT molecular complexity index is 1560. The molecule has 1 aliphatic rings. The molecule has 2 atom stereocenters. The Hall–Kier alpha value is -4.49. The highest BCUT2D eigenvalue weighted by atomic mass is 32.1. The zero-order chi connectivity index (χ0) is 26.1. The second-order valence-electron chi connectivity index (χ2n) is 9.35. The van der Waals surface area contributed by atoms with E-state index in [1.54, 1.807) is 0 Å². The lowest BCUT2D eigenvalue weighted by atomic mass is 10.0. The molecule has 0 spiro atoms. The van der Waals surface area contributed by atoms with E-state index < -0.39 is 0 Å². The average molecular weight is 518 g/mol. The Kier molecular flexibility index (Phi) is 6.35. The third-order valence-corrected chi connectivity index (χ3v) is 7.07. The van der Waals surface area contributed by atoms with Gasteiger partial charge in [-0.3, -0.25) is 4.98 Å². The molecular weight excluding hydrogens is 490 g/mol. The molecule has 6 rings (SSSR count). The van der Waals surface area contributed by atoms with Crippen molar-refractivity contribution in [3.63, 3.8) is 0 Å². The first-order chi connectivity index (χ1) is 18.6. The molecule has 1 aliphatic heterocycles. The molecule has 0 aliphatic carbocycles. The van der Waals surface area contributed by atoms with Crippen molar-refractivity contribution in [1.82, 2.24) is 19.9 Å². The lowest BCUT2D eigenvalue weighted by molar-refractivity contribution is 0.479. The molecule has 38 heavy (non-hydrogen) atoms. The second-order valence-corrected chi connectivity index (χ2v) is 9.74. The van der Waals surface area contributed by atoms with Gasteiger partial charge in [-0.05, 0) is 97.9 Å². The van der Waals surface area contributed by atoms with Gasteiger partial charge in [0.05, 0.1) is 11.7 Å². The number of anilines is 1. The minimum Gasteiger partial charge on any atom is -0.457 e. The number of hydrogen-bond acceptors (Lipinski definition) is 4. The fraction of sp³-hybridized carbons (Fsp3) is 0.129. The van der Waals surface area contributed by atoms with E-state index >= 15 is 0 Å². The smallest absolute Gasteiger partial charge is 0.174 e. The molecule has 0 radical (unpaired) electrons. The largest absolute Gasteiger partial charge is 0.457 e. The molecule has 1 fully saturated rings. The number of para-hydroxylation sites is 1. The molecule has 0 amide bonds. The Balaban J connectivity index is 1.40. The van der Waals surface area contributed by atoms with E-state index in [-0.39, 0.29) is 12.1 Å². The van der Waals surface area contributed by atoms with Crippen LogP contribution in [0.15, 0.2) is 110 Å². The highest BCUT2D eigenvalue weighted by molar-refractivity contribution is 7.80. The van der Waals surface area contributed by atoms with Crippen LogP contribution in [-0.4, -0.2) is 19.6 Å². The van der Waals surface area contributed by atoms with Crippen LogP contribution in [0.25, 0.3) is 5.82 Å². The number of nitrogens with one attached hydrogen (secondary N) is 1. The first kappa shape index (κ1) is 23.9. The van der Waals surface area contributed by atoms with E-state index in [1.807, 2.05) is 111 Å². The van der Waals surface area contributed by atoms with Crippen LogP contribution in [0.5, 0.6) is 11.5 Å². The predicted octanol–water partition coefficient (Wildman–Crippen LogP) is 6.85. The number of thiocarbonyl (C=S) groups is 1. The van der Waals surface area contributed by atoms with Gasteiger partial charge in [-0.15, -0.1) is 0 Å². The van der Waals surface area contributed by atoms with Gasteiger partial charge in [0, 0.05) is 30.0 Å². The van der Waals surface area contributed by atoms with Gasteiger partial charge in [-0.1, -0.05) is 30.3 Å². The van der Waals surface area contributed by atoms with Crippen molar-refractivity contribution in [2.75, 3.05) is 4.90 Å². The van der Waals surface area contributed by atoms with Crippen molar-refractivity contribution >= 4 is 23.0 Å². The maximum Gasteiger partial charge on any atom is 0.174 e. The summed E-state index contributed by atoms with van der Waals surface area (Å²) in [4.78, 5) is 11.5. The van der Waals surface area contributed by atoms with Crippen LogP contribution in [0.2, 0.25) is 0 Å². The molecule has 4 heterocycles. The third kappa shape index (κ3) is 4.53. The predicted molar refractivity (Wildman–Crippen MR) is 154 cm³/mol. The Morgan fingerprint density at radius 2 is 1.66 bits per heavy atom. The molecule has 6 nitrogen and oxygen atoms in total. The molecule has 2 aromatic carbocycles. The van der Waals surface area contributed by atoms with Gasteiger partial charge < -0.3 is 19.5 Å². The number of aryl methyl sites for hydroxylation is 2. The molecule has 2 unspecified atom stereocenters. The van der Waals surface area contributed by atoms with Crippen LogP contribution >= 0.6 is 12.2 Å². The van der Waals surface area contributed by atoms with E-state index in [2.05, 4.69) is 36.9 Å². The van der Waals surface area contributed by atoms with Crippen molar-refractivity contribution in [1.29, 1.82) is 0 Å². The average Bonchev–Trinajstić information content (AvgIpc) is 3.56. The van der Waals surface area contributed by atoms with Gasteiger partial charge in [0.1, 0.15) is 23.4 Å². The summed E-state index contributed by atoms with van der Waals surface area (Å²) in [6.07, 6.45) is 5.75. The number of ether oxygens (including phenoxy) is 1. The summed E-state index contributed by atoms with van der Waals surface area (Å²) < 4.78 is 8.26. The molecule has 7 heteroatoms. The zero-order valence-electron chi connectivity index (χ0n) is 21.2. The Morgan fingerprint density at radius 3 is 2.39 bits per heavy atom. The number of pyridine rings is 2. The lowest BCUT2D eigenvalue weighted by Gasteiger charge is -2.29. The fourth-order valence-electron chi connectivity index (χ4n) is 4.85. The van der Waals surface area contributed by atoms with E-state index in [0.29, 0.717) is 5.11 Å². The van der Waals surface area contributed by atoms with Crippen molar-refractivity contribution in [3.05, 3.63) is 132 Å². The number of benzene rings is 2. The van der Waals surface area contributed by atoms with Gasteiger partial charge in [0.15, 0.2) is 5.11 Å². The van der Waals surface area contributed by atoms with E-state index in [4.69, 9.17) is 17.0 Å². The third-order valence-electron chi connectivity index (χ3n) is 6.76. The maximum absolute atomic E-state index is 6.14. The fourth-order valence-corrected chi connectivity index (χ4v) is 5.20. The summed E-state index contributed by atoms with van der Waals surface area (Å²) in [5.41, 5.74) is 5.15. The van der Waals surface area contributed by atoms with E-state index in [9.17, 15) is 0 Å². The summed E-state index contributed by atoms with van der Waals surface area (Å²) in [5, 5.41) is 4.18. The molecule has 3 aromatic heterocycles. The first-order valence-corrected chi connectivity index (χ1v) is 12.9. The van der Waals surface area contributed by atoms with Gasteiger partial charge >= 0.3 is 0 Å². The van der Waals surface area contributed by atoms with Gasteiger partial charge in [0.25, 0.3) is 0 Å². The van der Waals surface area contributed by atoms with E-state index in [1.165, 1.54) is 0 Å². The minimum absolute atomic E-state index is 0.148. The first-order valence-electron chi connectivity index (χ1n) is 12.5. The van der Waals surface area contributed by atoms with Crippen molar-refractivity contribution in [2.45, 2.75) is 25.9 Å². The lowest BCUT2D eigenvalue weighted by Crippen LogP contribution is -2.30. The minimum atomic E-state index is -0.154. The Labute approximate surface area is 227 Å². The van der Waals surface area contributed by atoms with Crippen molar-refractivity contribution in [3.8, 4) is 17.3 Å². The molecular formula is C31H27N5OS. The Morgan fingerprint density at radius 1 is 0.842 bits per heavy atom. The zero-order valence-corrected chi connectivity index (χ0v) is 22.0. The topological polar surface area (TPSA) is 55.2 Å². The van der Waals surface area contributed by atoms with Crippen LogP contribution in [0.4, 0.5) is 5.69 Å². The SMILES string of the molecule is Cc1ccc(-n2cccc2C2C(c3ccccn3)NC(=S)N2c2ccc(Oc3ccccc3C)cc2)nc1. The monoisotopic (exact) mass is 517 g/mol. The highest BCUT2D eigenvalue weighted by Gasteiger charge is 2.42. The van der Waals surface area contributed by atoms with Crippen molar-refractivity contribution < 1.29 is 4.74 Å². The maximum atomic E-state index is 6.14. The van der Waals surface area contributed by atoms with Gasteiger partial charge in [-0.2, -0.15) is 0 Å². The molecule has 188 valence electrons. The summed E-state index contributed by atoms with van der Waals surface area (Å²) in [5.74, 6) is 2.47. The normalized spacial score (nSPS) is 16.9. The van der Waals surface area contributed by atoms with Crippen LogP contribution in [0.1, 0.15) is 34.6 Å². The van der Waals surface area contributed by atoms with Gasteiger partial charge in [0.2, 0.25) is 0 Å². The van der Waals surface area contributed by atoms with E-state index in [0.717, 1.165) is 45.5 Å². The van der Waals surface area contributed by atoms with Crippen LogP contribution in [0.3, 0.4) is 0 Å². The quantitative estimate of drug-likeness (QED) is 0.249. The molecule has 0 bridgehead atoms. The number of nitrogens with zero attached hydrogens (tertiary/aromatic N) is 4. The standard InChI is InChI=1S/C31H27N5OS/c1-21-12-17-28(33-20-21)35-19-7-10-26(35)30-29(25-9-5-6-18-32-25)34-31(38)36(30)23-13-15-24(16-14-23)37-27-11-4-3-8-22(27)2/h3-20,29-30H,1-2H3,(H,34,38). The number of hydrogen-bond donors (Lipinski definition) is 1. The molecule has 0 saturated carbocycles.